The first-order chi connectivity index (χ1) is 14.1. The number of carbonyl (C=O) groups is 1. The van der Waals surface area contributed by atoms with Gasteiger partial charge in [0.05, 0.1) is 0 Å². The number of halogens is 1. The van der Waals surface area contributed by atoms with Gasteiger partial charge in [0.1, 0.15) is 0 Å². The quantitative estimate of drug-likeness (QED) is 0.295. The molecule has 1 unspecified atom stereocenters. The van der Waals surface area contributed by atoms with Gasteiger partial charge in [-0.05, 0) is 37.1 Å². The number of amides is 1. The van der Waals surface area contributed by atoms with Crippen LogP contribution >= 0.6 is 24.0 Å². The summed E-state index contributed by atoms with van der Waals surface area (Å²) in [7, 11) is 1.77. The molecule has 1 aliphatic rings. The number of aliphatic imine (C=N–C) groups is 1. The van der Waals surface area contributed by atoms with Crippen LogP contribution in [0.15, 0.2) is 53.5 Å². The summed E-state index contributed by atoms with van der Waals surface area (Å²) < 4.78 is 0. The highest BCUT2D eigenvalue weighted by molar-refractivity contribution is 14.0. The zero-order valence-electron chi connectivity index (χ0n) is 17.9. The van der Waals surface area contributed by atoms with Crippen molar-refractivity contribution in [2.75, 3.05) is 43.4 Å². The van der Waals surface area contributed by atoms with Gasteiger partial charge in [-0.2, -0.15) is 0 Å². The molecule has 6 nitrogen and oxygen atoms in total. The van der Waals surface area contributed by atoms with Crippen molar-refractivity contribution in [1.29, 1.82) is 0 Å². The van der Waals surface area contributed by atoms with Crippen molar-refractivity contribution in [1.82, 2.24) is 10.6 Å². The molecule has 0 bridgehead atoms. The standard InChI is InChI=1S/C23H31N5O.HI/c1-4-28(21-12-8-5-9-17(21)2)14-13-25-23(24-3)26-16-18-15-22(29)27-20-11-7-6-10-19(18)20;/h5-12,18H,4,13-16H2,1-3H3,(H,27,29)(H2,24,25,26);1H. The fraction of sp³-hybridized carbons (Fsp3) is 0.391. The van der Waals surface area contributed by atoms with Gasteiger partial charge in [-0.25, -0.2) is 0 Å². The van der Waals surface area contributed by atoms with Gasteiger partial charge in [0.25, 0.3) is 0 Å². The number of benzene rings is 2. The highest BCUT2D eigenvalue weighted by Crippen LogP contribution is 2.31. The Morgan fingerprint density at radius 1 is 1.17 bits per heavy atom. The molecule has 3 rings (SSSR count). The minimum Gasteiger partial charge on any atom is -0.370 e. The van der Waals surface area contributed by atoms with Crippen molar-refractivity contribution in [3.63, 3.8) is 0 Å². The first kappa shape index (κ1) is 24.0. The maximum Gasteiger partial charge on any atom is 0.225 e. The number of guanidine groups is 1. The minimum absolute atomic E-state index is 0. The molecule has 0 aromatic heterocycles. The second-order valence-corrected chi connectivity index (χ2v) is 7.28. The number of carbonyl (C=O) groups excluding carboxylic acids is 1. The molecule has 0 spiro atoms. The molecule has 162 valence electrons. The third-order valence-electron chi connectivity index (χ3n) is 5.36. The molecule has 0 aliphatic carbocycles. The van der Waals surface area contributed by atoms with Crippen LogP contribution in [0.2, 0.25) is 0 Å². The van der Waals surface area contributed by atoms with Gasteiger partial charge in [0, 0.05) is 56.9 Å². The van der Waals surface area contributed by atoms with E-state index in [0.29, 0.717) is 13.0 Å². The number of nitrogens with zero attached hydrogens (tertiary/aromatic N) is 2. The zero-order valence-corrected chi connectivity index (χ0v) is 20.3. The molecular formula is C23H32IN5O. The van der Waals surface area contributed by atoms with Crippen molar-refractivity contribution in [2.24, 2.45) is 4.99 Å². The first-order valence-corrected chi connectivity index (χ1v) is 10.3. The summed E-state index contributed by atoms with van der Waals surface area (Å²) in [5.41, 5.74) is 4.64. The lowest BCUT2D eigenvalue weighted by Crippen LogP contribution is -2.43. The maximum absolute atomic E-state index is 12.0. The van der Waals surface area contributed by atoms with Gasteiger partial charge in [0.2, 0.25) is 5.91 Å². The van der Waals surface area contributed by atoms with Crippen molar-refractivity contribution >= 4 is 47.2 Å². The van der Waals surface area contributed by atoms with E-state index >= 15 is 0 Å². The molecule has 7 heteroatoms. The third-order valence-corrected chi connectivity index (χ3v) is 5.36. The Labute approximate surface area is 196 Å². The Kier molecular flexibility index (Phi) is 9.42. The van der Waals surface area contributed by atoms with Gasteiger partial charge >= 0.3 is 0 Å². The van der Waals surface area contributed by atoms with Gasteiger partial charge in [-0.1, -0.05) is 36.4 Å². The van der Waals surface area contributed by atoms with E-state index in [1.54, 1.807) is 7.05 Å². The van der Waals surface area contributed by atoms with E-state index in [9.17, 15) is 4.79 Å². The van der Waals surface area contributed by atoms with Crippen LogP contribution in [0, 0.1) is 6.92 Å². The second-order valence-electron chi connectivity index (χ2n) is 7.28. The largest absolute Gasteiger partial charge is 0.370 e. The van der Waals surface area contributed by atoms with Crippen LogP contribution in [0.5, 0.6) is 0 Å². The van der Waals surface area contributed by atoms with Crippen LogP contribution in [0.25, 0.3) is 0 Å². The molecule has 0 fully saturated rings. The summed E-state index contributed by atoms with van der Waals surface area (Å²) in [4.78, 5) is 18.7. The molecule has 2 aromatic carbocycles. The van der Waals surface area contributed by atoms with E-state index in [4.69, 9.17) is 0 Å². The van der Waals surface area contributed by atoms with Gasteiger partial charge in [-0.15, -0.1) is 24.0 Å². The molecule has 3 N–H and O–H groups in total. The van der Waals surface area contributed by atoms with Crippen LogP contribution in [0.4, 0.5) is 11.4 Å². The van der Waals surface area contributed by atoms with Crippen molar-refractivity contribution in [2.45, 2.75) is 26.2 Å². The number of anilines is 2. The SMILES string of the molecule is CCN(CCNC(=NC)NCC1CC(=O)Nc2ccccc21)c1ccccc1C.I. The smallest absolute Gasteiger partial charge is 0.225 e. The van der Waals surface area contributed by atoms with Crippen LogP contribution < -0.4 is 20.9 Å². The highest BCUT2D eigenvalue weighted by Gasteiger charge is 2.24. The molecule has 0 saturated heterocycles. The van der Waals surface area contributed by atoms with Crippen LogP contribution in [0.3, 0.4) is 0 Å². The van der Waals surface area contributed by atoms with E-state index in [2.05, 4.69) is 70.0 Å². The Balaban J connectivity index is 0.00000320. The van der Waals surface area contributed by atoms with Gasteiger partial charge in [0.15, 0.2) is 5.96 Å². The summed E-state index contributed by atoms with van der Waals surface area (Å²) in [6.45, 7) is 7.60. The van der Waals surface area contributed by atoms with Crippen LogP contribution in [-0.4, -0.2) is 45.1 Å². The first-order valence-electron chi connectivity index (χ1n) is 10.3. The van der Waals surface area contributed by atoms with Crippen LogP contribution in [0.1, 0.15) is 30.4 Å². The highest BCUT2D eigenvalue weighted by atomic mass is 127. The van der Waals surface area contributed by atoms with Crippen LogP contribution in [-0.2, 0) is 4.79 Å². The molecule has 1 heterocycles. The topological polar surface area (TPSA) is 68.8 Å². The minimum atomic E-state index is 0. The average Bonchev–Trinajstić information content (AvgIpc) is 2.74. The molecule has 2 aromatic rings. The maximum atomic E-state index is 12.0. The van der Waals surface area contributed by atoms with Crippen molar-refractivity contribution in [3.8, 4) is 0 Å². The van der Waals surface area contributed by atoms with E-state index < -0.39 is 0 Å². The summed E-state index contributed by atoms with van der Waals surface area (Å²) in [6, 6.07) is 16.5. The Morgan fingerprint density at radius 3 is 2.63 bits per heavy atom. The second kappa shape index (κ2) is 11.8. The number of fused-ring (bicyclic) bond motifs is 1. The van der Waals surface area contributed by atoms with E-state index in [0.717, 1.165) is 31.3 Å². The lowest BCUT2D eigenvalue weighted by atomic mass is 9.90. The number of hydrogen-bond donors (Lipinski definition) is 3. The normalized spacial score (nSPS) is 15.5. The fourth-order valence-corrected chi connectivity index (χ4v) is 3.80. The lowest BCUT2D eigenvalue weighted by Gasteiger charge is -2.27. The molecule has 0 radical (unpaired) electrons. The van der Waals surface area contributed by atoms with E-state index in [1.807, 2.05) is 18.2 Å². The molecular weight excluding hydrogens is 489 g/mol. The van der Waals surface area contributed by atoms with Crippen molar-refractivity contribution in [3.05, 3.63) is 59.7 Å². The lowest BCUT2D eigenvalue weighted by molar-refractivity contribution is -0.116. The van der Waals surface area contributed by atoms with Gasteiger partial charge < -0.3 is 20.9 Å². The summed E-state index contributed by atoms with van der Waals surface area (Å²) in [6.07, 6.45) is 0.484. The molecule has 1 amide bonds. The Hall–Kier alpha value is -2.29. The van der Waals surface area contributed by atoms with Crippen molar-refractivity contribution < 1.29 is 4.79 Å². The monoisotopic (exact) mass is 521 g/mol. The molecule has 0 saturated carbocycles. The number of para-hydroxylation sites is 2. The number of rotatable bonds is 7. The summed E-state index contributed by atoms with van der Waals surface area (Å²) >= 11 is 0. The Bertz CT molecular complexity index is 870. The average molecular weight is 521 g/mol. The summed E-state index contributed by atoms with van der Waals surface area (Å²) in [5.74, 6) is 0.960. The third kappa shape index (κ3) is 6.10. The van der Waals surface area contributed by atoms with E-state index in [-0.39, 0.29) is 35.8 Å². The summed E-state index contributed by atoms with van der Waals surface area (Å²) in [5, 5.41) is 9.73. The number of hydrogen-bond acceptors (Lipinski definition) is 3. The number of nitrogens with one attached hydrogen (secondary N) is 3. The van der Waals surface area contributed by atoms with E-state index in [1.165, 1.54) is 16.8 Å². The number of aryl methyl sites for hydroxylation is 1. The Morgan fingerprint density at radius 2 is 1.90 bits per heavy atom. The zero-order chi connectivity index (χ0) is 20.6. The molecule has 30 heavy (non-hydrogen) atoms. The predicted molar refractivity (Wildman–Crippen MR) is 136 cm³/mol. The van der Waals surface area contributed by atoms with Gasteiger partial charge in [-0.3, -0.25) is 9.79 Å². The predicted octanol–water partition coefficient (Wildman–Crippen LogP) is 3.73. The molecule has 1 atom stereocenters. The molecule has 1 aliphatic heterocycles. The number of likely N-dealkylation sites (N-methyl/N-ethyl adjacent to an activating group) is 1. The fourth-order valence-electron chi connectivity index (χ4n) is 3.80.